The molecule has 0 saturated heterocycles. The lowest BCUT2D eigenvalue weighted by Crippen LogP contribution is -1.94. The van der Waals surface area contributed by atoms with Crippen LogP contribution in [0.15, 0.2) is 10.5 Å². The Kier molecular flexibility index (Phi) is 3.10. The third-order valence-electron chi connectivity index (χ3n) is 1.27. The van der Waals surface area contributed by atoms with Crippen LogP contribution in [0.4, 0.5) is 10.1 Å². The SMILES string of the molecule is O=[N+]([O-])c1c(F)cc(Cl)c(Br)c1Cl. The lowest BCUT2D eigenvalue weighted by Gasteiger charge is -2.01. The van der Waals surface area contributed by atoms with Gasteiger partial charge in [0.1, 0.15) is 5.02 Å². The molecule has 0 aliphatic heterocycles. The number of halogens is 4. The van der Waals surface area contributed by atoms with Gasteiger partial charge in [-0.15, -0.1) is 0 Å². The van der Waals surface area contributed by atoms with Crippen molar-refractivity contribution in [1.29, 1.82) is 0 Å². The van der Waals surface area contributed by atoms with Gasteiger partial charge in [-0.05, 0) is 15.9 Å². The molecule has 0 atom stereocenters. The highest BCUT2D eigenvalue weighted by Gasteiger charge is 2.23. The van der Waals surface area contributed by atoms with Crippen LogP contribution in [-0.2, 0) is 0 Å². The smallest absolute Gasteiger partial charge is 0.258 e. The summed E-state index contributed by atoms with van der Waals surface area (Å²) in [4.78, 5) is 9.42. The van der Waals surface area contributed by atoms with E-state index in [0.29, 0.717) is 0 Å². The molecular weight excluding hydrogens is 288 g/mol. The van der Waals surface area contributed by atoms with Gasteiger partial charge in [0, 0.05) is 6.07 Å². The second-order valence-electron chi connectivity index (χ2n) is 2.07. The maximum atomic E-state index is 12.9. The van der Waals surface area contributed by atoms with Crippen LogP contribution in [0.5, 0.6) is 0 Å². The molecule has 0 fully saturated rings. The standard InChI is InChI=1S/C6HBrCl2FNO2/c7-4-2(8)1-3(10)6(5(4)9)11(12)13/h1H. The minimum atomic E-state index is -1.05. The topological polar surface area (TPSA) is 43.1 Å². The average Bonchev–Trinajstić information content (AvgIpc) is 1.99. The minimum absolute atomic E-state index is 0.00639. The Morgan fingerprint density at radius 3 is 2.54 bits per heavy atom. The molecule has 0 saturated carbocycles. The Morgan fingerprint density at radius 1 is 1.54 bits per heavy atom. The quantitative estimate of drug-likeness (QED) is 0.341. The normalized spacial score (nSPS) is 10.2. The zero-order chi connectivity index (χ0) is 10.2. The Labute approximate surface area is 90.7 Å². The number of nitro groups is 1. The molecule has 0 amide bonds. The van der Waals surface area contributed by atoms with Crippen molar-refractivity contribution in [3.05, 3.63) is 36.5 Å². The number of nitro benzene ring substituents is 1. The van der Waals surface area contributed by atoms with Crippen LogP contribution in [0, 0.1) is 15.9 Å². The molecule has 70 valence electrons. The molecule has 0 aliphatic carbocycles. The third-order valence-corrected chi connectivity index (χ3v) is 3.22. The molecule has 3 nitrogen and oxygen atoms in total. The van der Waals surface area contributed by atoms with Crippen molar-refractivity contribution < 1.29 is 9.31 Å². The van der Waals surface area contributed by atoms with Gasteiger partial charge in [0.25, 0.3) is 0 Å². The highest BCUT2D eigenvalue weighted by atomic mass is 79.9. The summed E-state index contributed by atoms with van der Waals surface area (Å²) in [7, 11) is 0. The molecule has 0 spiro atoms. The number of nitrogens with zero attached hydrogens (tertiary/aromatic N) is 1. The average molecular weight is 289 g/mol. The number of hydrogen-bond donors (Lipinski definition) is 0. The van der Waals surface area contributed by atoms with Gasteiger partial charge in [0.15, 0.2) is 0 Å². The van der Waals surface area contributed by atoms with E-state index < -0.39 is 16.4 Å². The van der Waals surface area contributed by atoms with Gasteiger partial charge in [-0.3, -0.25) is 10.1 Å². The molecule has 0 bridgehead atoms. The molecule has 13 heavy (non-hydrogen) atoms. The van der Waals surface area contributed by atoms with Crippen LogP contribution in [0.1, 0.15) is 0 Å². The van der Waals surface area contributed by atoms with Crippen molar-refractivity contribution in [2.24, 2.45) is 0 Å². The molecule has 1 rings (SSSR count). The second-order valence-corrected chi connectivity index (χ2v) is 3.65. The van der Waals surface area contributed by atoms with Gasteiger partial charge in [0.05, 0.1) is 14.4 Å². The maximum Gasteiger partial charge on any atom is 0.324 e. The highest BCUT2D eigenvalue weighted by Crippen LogP contribution is 2.38. The molecule has 1 aromatic rings. The van der Waals surface area contributed by atoms with E-state index in [-0.39, 0.29) is 14.5 Å². The fourth-order valence-corrected chi connectivity index (χ4v) is 1.53. The lowest BCUT2D eigenvalue weighted by atomic mass is 10.3. The Bertz CT molecular complexity index is 385. The van der Waals surface area contributed by atoms with Crippen molar-refractivity contribution >= 4 is 44.8 Å². The Hall–Kier alpha value is -0.390. The zero-order valence-electron chi connectivity index (χ0n) is 5.85. The Morgan fingerprint density at radius 2 is 2.08 bits per heavy atom. The van der Waals surface area contributed by atoms with E-state index in [1.165, 1.54) is 0 Å². The first-order valence-electron chi connectivity index (χ1n) is 2.92. The highest BCUT2D eigenvalue weighted by molar-refractivity contribution is 9.10. The molecule has 0 N–H and O–H groups in total. The van der Waals surface area contributed by atoms with E-state index in [1.807, 2.05) is 0 Å². The van der Waals surface area contributed by atoms with Crippen LogP contribution >= 0.6 is 39.1 Å². The monoisotopic (exact) mass is 287 g/mol. The first-order chi connectivity index (χ1) is 5.95. The molecular formula is C6HBrCl2FNO2. The minimum Gasteiger partial charge on any atom is -0.258 e. The number of hydrogen-bond acceptors (Lipinski definition) is 2. The molecule has 1 aromatic carbocycles. The van der Waals surface area contributed by atoms with Crippen LogP contribution < -0.4 is 0 Å². The van der Waals surface area contributed by atoms with Crippen molar-refractivity contribution in [2.45, 2.75) is 0 Å². The zero-order valence-corrected chi connectivity index (χ0v) is 8.95. The van der Waals surface area contributed by atoms with Gasteiger partial charge in [-0.2, -0.15) is 4.39 Å². The molecule has 0 radical (unpaired) electrons. The van der Waals surface area contributed by atoms with Crippen molar-refractivity contribution in [1.82, 2.24) is 0 Å². The van der Waals surface area contributed by atoms with E-state index in [1.54, 1.807) is 0 Å². The van der Waals surface area contributed by atoms with Gasteiger partial charge in [-0.25, -0.2) is 0 Å². The van der Waals surface area contributed by atoms with Gasteiger partial charge in [0.2, 0.25) is 5.82 Å². The second kappa shape index (κ2) is 3.77. The maximum absolute atomic E-state index is 12.9. The van der Waals surface area contributed by atoms with Gasteiger partial charge >= 0.3 is 5.69 Å². The molecule has 0 unspecified atom stereocenters. The third kappa shape index (κ3) is 1.92. The summed E-state index contributed by atoms with van der Waals surface area (Å²) in [5.74, 6) is -1.05. The van der Waals surface area contributed by atoms with E-state index in [0.717, 1.165) is 6.07 Å². The molecule has 0 aromatic heterocycles. The van der Waals surface area contributed by atoms with E-state index in [2.05, 4.69) is 15.9 Å². The van der Waals surface area contributed by atoms with Crippen LogP contribution in [0.3, 0.4) is 0 Å². The van der Waals surface area contributed by atoms with Crippen LogP contribution in [-0.4, -0.2) is 4.92 Å². The Balaban J connectivity index is 3.53. The first kappa shape index (κ1) is 10.7. The predicted octanol–water partition coefficient (Wildman–Crippen LogP) is 3.80. The van der Waals surface area contributed by atoms with Crippen molar-refractivity contribution in [3.8, 4) is 0 Å². The summed E-state index contributed by atoms with van der Waals surface area (Å²) in [6.45, 7) is 0. The van der Waals surface area contributed by atoms with E-state index in [9.17, 15) is 14.5 Å². The summed E-state index contributed by atoms with van der Waals surface area (Å²) in [5, 5.41) is 9.98. The molecule has 7 heteroatoms. The van der Waals surface area contributed by atoms with E-state index >= 15 is 0 Å². The van der Waals surface area contributed by atoms with Gasteiger partial charge < -0.3 is 0 Å². The lowest BCUT2D eigenvalue weighted by molar-refractivity contribution is -0.387. The van der Waals surface area contributed by atoms with Crippen LogP contribution in [0.2, 0.25) is 10.0 Å². The summed E-state index contributed by atoms with van der Waals surface area (Å²) in [5.41, 5.74) is -0.780. The summed E-state index contributed by atoms with van der Waals surface area (Å²) < 4.78 is 13.0. The number of rotatable bonds is 1. The first-order valence-corrected chi connectivity index (χ1v) is 4.47. The summed E-state index contributed by atoms with van der Waals surface area (Å²) in [6, 6.07) is 0.829. The van der Waals surface area contributed by atoms with Crippen LogP contribution in [0.25, 0.3) is 0 Å². The summed E-state index contributed by atoms with van der Waals surface area (Å²) >= 11 is 13.9. The van der Waals surface area contributed by atoms with Gasteiger partial charge in [-0.1, -0.05) is 23.2 Å². The fraction of sp³-hybridized carbons (Fsp3) is 0. The predicted molar refractivity (Wildman–Crippen MR) is 50.8 cm³/mol. The van der Waals surface area contributed by atoms with E-state index in [4.69, 9.17) is 23.2 Å². The molecule has 0 heterocycles. The summed E-state index contributed by atoms with van der Waals surface area (Å²) in [6.07, 6.45) is 0. The number of benzene rings is 1. The fourth-order valence-electron chi connectivity index (χ4n) is 0.724. The largest absolute Gasteiger partial charge is 0.324 e. The molecule has 0 aliphatic rings. The van der Waals surface area contributed by atoms with Crippen molar-refractivity contribution in [3.63, 3.8) is 0 Å². The van der Waals surface area contributed by atoms with Crippen molar-refractivity contribution in [2.75, 3.05) is 0 Å².